The maximum Gasteiger partial charge on any atom is 0.436 e. The van der Waals surface area contributed by atoms with Crippen LogP contribution in [0.1, 0.15) is 45.9 Å². The number of nitrogens with zero attached hydrogens (tertiary/aromatic N) is 3. The lowest BCUT2D eigenvalue weighted by Gasteiger charge is -2.35. The van der Waals surface area contributed by atoms with Gasteiger partial charge in [-0.1, -0.05) is 39.6 Å². The Hall–Kier alpha value is -3.55. The molecule has 0 atom stereocenters. The van der Waals surface area contributed by atoms with Crippen LogP contribution in [0, 0.1) is 5.82 Å². The molecule has 3 rings (SSSR count). The summed E-state index contributed by atoms with van der Waals surface area (Å²) in [5.74, 6) is -1.76. The van der Waals surface area contributed by atoms with Crippen molar-refractivity contribution < 1.29 is 37.0 Å². The molecular weight excluding hydrogens is 535 g/mol. The predicted octanol–water partition coefficient (Wildman–Crippen LogP) is 5.97. The molecule has 0 unspecified atom stereocenters. The molecule has 0 fully saturated rings. The molecule has 3 amide bonds. The Balaban J connectivity index is 2.01. The standard InChI is InChI=1S/C25H34F3N5O5Si/c1-9-37-23(36)33-19(30-20(34)25(4,5)39(6,7)8)14-13-32(24(2,3)18(14)31-33)22(35)29-17-15(26)11-10-12-16(17)38-21(27)28/h10-12,21H,9,13H2,1-8H3,(H,29,35)(H,30,34). The lowest BCUT2D eigenvalue weighted by molar-refractivity contribution is -0.118. The van der Waals surface area contributed by atoms with Gasteiger partial charge < -0.3 is 25.0 Å². The van der Waals surface area contributed by atoms with E-state index < -0.39 is 54.6 Å². The Morgan fingerprint density at radius 3 is 2.38 bits per heavy atom. The maximum absolute atomic E-state index is 14.5. The van der Waals surface area contributed by atoms with E-state index in [1.165, 1.54) is 11.0 Å². The first kappa shape index (κ1) is 30.0. The van der Waals surface area contributed by atoms with E-state index in [0.717, 1.165) is 16.8 Å². The summed E-state index contributed by atoms with van der Waals surface area (Å²) < 4.78 is 50.7. The lowest BCUT2D eigenvalue weighted by atomic mass is 10.0. The first-order chi connectivity index (χ1) is 17.9. The minimum atomic E-state index is -3.23. The molecule has 0 bridgehead atoms. The summed E-state index contributed by atoms with van der Waals surface area (Å²) in [4.78, 5) is 40.8. The number of halogens is 3. The number of fused-ring (bicyclic) bond motifs is 1. The molecule has 39 heavy (non-hydrogen) atoms. The zero-order valence-electron chi connectivity index (χ0n) is 23.2. The van der Waals surface area contributed by atoms with Crippen LogP contribution in [0.3, 0.4) is 0 Å². The molecule has 1 aliphatic rings. The number of carbonyl (C=O) groups is 3. The van der Waals surface area contributed by atoms with Crippen molar-refractivity contribution in [3.05, 3.63) is 35.3 Å². The fraction of sp³-hybridized carbons (Fsp3) is 0.520. The van der Waals surface area contributed by atoms with Gasteiger partial charge in [0.2, 0.25) is 5.91 Å². The second-order valence-electron chi connectivity index (χ2n) is 11.2. The summed E-state index contributed by atoms with van der Waals surface area (Å²) in [5, 5.41) is 8.81. The Morgan fingerprint density at radius 1 is 1.18 bits per heavy atom. The first-order valence-corrected chi connectivity index (χ1v) is 15.9. The molecule has 1 aliphatic heterocycles. The minimum absolute atomic E-state index is 0.0655. The molecule has 0 aliphatic carbocycles. The highest BCUT2D eigenvalue weighted by atomic mass is 28.3. The molecule has 10 nitrogen and oxygen atoms in total. The highest BCUT2D eigenvalue weighted by Crippen LogP contribution is 2.44. The van der Waals surface area contributed by atoms with E-state index in [2.05, 4.69) is 20.5 Å². The molecular formula is C25H34F3N5O5Si. The van der Waals surface area contributed by atoms with E-state index in [1.54, 1.807) is 20.8 Å². The van der Waals surface area contributed by atoms with E-state index in [9.17, 15) is 27.6 Å². The minimum Gasteiger partial charge on any atom is -0.448 e. The van der Waals surface area contributed by atoms with Crippen LogP contribution in [-0.4, -0.2) is 54.0 Å². The van der Waals surface area contributed by atoms with Gasteiger partial charge in [0.25, 0.3) is 0 Å². The smallest absolute Gasteiger partial charge is 0.436 e. The van der Waals surface area contributed by atoms with Crippen molar-refractivity contribution in [2.24, 2.45) is 0 Å². The zero-order chi connectivity index (χ0) is 29.5. The molecule has 2 N–H and O–H groups in total. The van der Waals surface area contributed by atoms with Crippen LogP contribution in [0.4, 0.5) is 34.3 Å². The quantitative estimate of drug-likeness (QED) is 0.397. The summed E-state index contributed by atoms with van der Waals surface area (Å²) in [6, 6.07) is 2.44. The number of hydrogen-bond acceptors (Lipinski definition) is 6. The SMILES string of the molecule is CCOC(=O)n1nc2c(c1NC(=O)C(C)(C)[Si](C)(C)C)CN(C(=O)Nc1c(F)cccc1OC(F)F)C2(C)C. The second-order valence-corrected chi connectivity index (χ2v) is 16.9. The molecule has 214 valence electrons. The molecule has 2 aromatic rings. The number of para-hydroxylation sites is 1. The number of carbonyl (C=O) groups excluding carboxylic acids is 3. The van der Waals surface area contributed by atoms with Gasteiger partial charge in [0.05, 0.1) is 32.5 Å². The number of anilines is 2. The number of amides is 3. The van der Waals surface area contributed by atoms with Crippen LogP contribution in [0.25, 0.3) is 0 Å². The first-order valence-electron chi connectivity index (χ1n) is 12.4. The molecule has 1 aromatic heterocycles. The van der Waals surface area contributed by atoms with Crippen molar-refractivity contribution in [1.29, 1.82) is 0 Å². The Morgan fingerprint density at radius 2 is 1.82 bits per heavy atom. The van der Waals surface area contributed by atoms with Gasteiger partial charge in [0, 0.05) is 10.6 Å². The van der Waals surface area contributed by atoms with E-state index in [1.807, 2.05) is 33.5 Å². The zero-order valence-corrected chi connectivity index (χ0v) is 24.2. The summed E-state index contributed by atoms with van der Waals surface area (Å²) in [6.45, 7) is 11.4. The van der Waals surface area contributed by atoms with Gasteiger partial charge in [-0.3, -0.25) is 4.79 Å². The van der Waals surface area contributed by atoms with Crippen molar-refractivity contribution in [2.45, 2.75) is 78.0 Å². The van der Waals surface area contributed by atoms with Crippen molar-refractivity contribution in [3.8, 4) is 5.75 Å². The van der Waals surface area contributed by atoms with Gasteiger partial charge >= 0.3 is 18.7 Å². The Kier molecular flexibility index (Phi) is 8.11. The monoisotopic (exact) mass is 569 g/mol. The summed E-state index contributed by atoms with van der Waals surface area (Å²) in [7, 11) is -2.03. The Bertz CT molecular complexity index is 1290. The van der Waals surface area contributed by atoms with Crippen molar-refractivity contribution in [2.75, 3.05) is 17.2 Å². The predicted molar refractivity (Wildman–Crippen MR) is 141 cm³/mol. The topological polar surface area (TPSA) is 115 Å². The maximum atomic E-state index is 14.5. The molecule has 0 spiro atoms. The van der Waals surface area contributed by atoms with Gasteiger partial charge in [-0.15, -0.1) is 4.68 Å². The summed E-state index contributed by atoms with van der Waals surface area (Å²) in [5.41, 5.74) is -1.00. The average Bonchev–Trinajstić information content (AvgIpc) is 3.29. The normalized spacial score (nSPS) is 14.7. The van der Waals surface area contributed by atoms with Crippen molar-refractivity contribution in [1.82, 2.24) is 14.7 Å². The van der Waals surface area contributed by atoms with Crippen molar-refractivity contribution in [3.63, 3.8) is 0 Å². The molecule has 1 aromatic carbocycles. The van der Waals surface area contributed by atoms with Crippen LogP contribution in [0.15, 0.2) is 18.2 Å². The van der Waals surface area contributed by atoms with Crippen LogP contribution in [0.2, 0.25) is 24.7 Å². The third-order valence-corrected chi connectivity index (χ3v) is 11.3. The van der Waals surface area contributed by atoms with Crippen LogP contribution < -0.4 is 15.4 Å². The highest BCUT2D eigenvalue weighted by Gasteiger charge is 2.48. The van der Waals surface area contributed by atoms with Gasteiger partial charge in [-0.05, 0) is 32.9 Å². The van der Waals surface area contributed by atoms with Crippen molar-refractivity contribution >= 4 is 37.6 Å². The number of ether oxygens (including phenoxy) is 2. The summed E-state index contributed by atoms with van der Waals surface area (Å²) in [6.07, 6.45) is -0.806. The lowest BCUT2D eigenvalue weighted by Crippen LogP contribution is -2.45. The fourth-order valence-electron chi connectivity index (χ4n) is 3.94. The molecule has 0 saturated heterocycles. The third kappa shape index (κ3) is 5.60. The van der Waals surface area contributed by atoms with E-state index >= 15 is 0 Å². The number of rotatable bonds is 7. The van der Waals surface area contributed by atoms with Crippen LogP contribution in [0.5, 0.6) is 5.75 Å². The number of nitrogens with one attached hydrogen (secondary N) is 2. The largest absolute Gasteiger partial charge is 0.448 e. The van der Waals surface area contributed by atoms with Gasteiger partial charge in [-0.25, -0.2) is 14.0 Å². The number of alkyl halides is 2. The third-order valence-electron chi connectivity index (χ3n) is 7.34. The summed E-state index contributed by atoms with van der Waals surface area (Å²) >= 11 is 0. The number of aromatic nitrogens is 2. The number of urea groups is 1. The van der Waals surface area contributed by atoms with E-state index in [-0.39, 0.29) is 24.9 Å². The second kappa shape index (κ2) is 10.5. The molecule has 14 heteroatoms. The average molecular weight is 570 g/mol. The highest BCUT2D eigenvalue weighted by molar-refractivity contribution is 6.82. The molecule has 2 heterocycles. The molecule has 0 radical (unpaired) electrons. The van der Waals surface area contributed by atoms with E-state index in [0.29, 0.717) is 11.3 Å². The Labute approximate surface area is 225 Å². The van der Waals surface area contributed by atoms with E-state index in [4.69, 9.17) is 4.74 Å². The molecule has 0 saturated carbocycles. The van der Waals surface area contributed by atoms with Gasteiger partial charge in [-0.2, -0.15) is 13.9 Å². The number of benzene rings is 1. The number of hydrogen-bond donors (Lipinski definition) is 2. The fourth-order valence-corrected chi connectivity index (χ4v) is 4.69. The van der Waals surface area contributed by atoms with Crippen LogP contribution in [-0.2, 0) is 21.6 Å². The van der Waals surface area contributed by atoms with Crippen LogP contribution >= 0.6 is 0 Å². The van der Waals surface area contributed by atoms with Gasteiger partial charge in [0.15, 0.2) is 11.6 Å². The van der Waals surface area contributed by atoms with Gasteiger partial charge in [0.1, 0.15) is 11.5 Å².